The van der Waals surface area contributed by atoms with Crippen LogP contribution in [0.1, 0.15) is 43.2 Å². The first kappa shape index (κ1) is 25.9. The van der Waals surface area contributed by atoms with Gasteiger partial charge in [-0.25, -0.2) is 0 Å². The average Bonchev–Trinajstić information content (AvgIpc) is 3.03. The number of nitrogens with two attached hydrogens (primary N) is 1. The summed E-state index contributed by atoms with van der Waals surface area (Å²) in [5.74, 6) is 0.912. The van der Waals surface area contributed by atoms with E-state index in [2.05, 4.69) is 76.8 Å². The van der Waals surface area contributed by atoms with Gasteiger partial charge in [-0.2, -0.15) is 0 Å². The molecule has 0 spiro atoms. The molecule has 2 fully saturated rings. The molecule has 202 valence electrons. The van der Waals surface area contributed by atoms with Crippen LogP contribution in [0, 0.1) is 0 Å². The van der Waals surface area contributed by atoms with Crippen molar-refractivity contribution in [3.63, 3.8) is 0 Å². The second-order valence-electron chi connectivity index (χ2n) is 10.9. The molecule has 1 unspecified atom stereocenters. The molecule has 2 heterocycles. The predicted molar refractivity (Wildman–Crippen MR) is 161 cm³/mol. The molecule has 3 aliphatic rings. The number of benzene rings is 3. The molecule has 3 aromatic rings. The van der Waals surface area contributed by atoms with Gasteiger partial charge in [0.05, 0.1) is 18.3 Å². The lowest BCUT2D eigenvalue weighted by Gasteiger charge is -2.35. The van der Waals surface area contributed by atoms with E-state index in [-0.39, 0.29) is 24.5 Å². The number of hydrogen-bond acceptors (Lipinski definition) is 5. The Morgan fingerprint density at radius 3 is 2.54 bits per heavy atom. The standard InChI is InChI=1S/C32H36ClN5O/c1-37-29-12-11-25(33)19-27(29)32(38-15-13-26(14-16-38)35-30(39)20-34)36-28(31(37)23-7-4-8-23)18-21-9-10-22-5-2-3-6-24(22)17-21/h2-3,5-6,9-12,17,19,26,28H,4,7-8,13-16,18,20,34H2,1H3,(H,35,39). The summed E-state index contributed by atoms with van der Waals surface area (Å²) in [5, 5.41) is 6.30. The maximum Gasteiger partial charge on any atom is 0.233 e. The van der Waals surface area contributed by atoms with Gasteiger partial charge in [-0.3, -0.25) is 9.79 Å². The highest BCUT2D eigenvalue weighted by molar-refractivity contribution is 6.31. The van der Waals surface area contributed by atoms with Gasteiger partial charge < -0.3 is 20.9 Å². The highest BCUT2D eigenvalue weighted by atomic mass is 35.5. The summed E-state index contributed by atoms with van der Waals surface area (Å²) in [6, 6.07) is 21.7. The third-order valence-corrected chi connectivity index (χ3v) is 8.66. The van der Waals surface area contributed by atoms with Gasteiger partial charge in [-0.15, -0.1) is 0 Å². The van der Waals surface area contributed by atoms with Crippen LogP contribution >= 0.6 is 11.6 Å². The van der Waals surface area contributed by atoms with Crippen LogP contribution in [0.3, 0.4) is 0 Å². The van der Waals surface area contributed by atoms with E-state index < -0.39 is 0 Å². The Hall–Kier alpha value is -3.35. The first-order valence-electron chi connectivity index (χ1n) is 14.1. The van der Waals surface area contributed by atoms with Crippen LogP contribution < -0.4 is 16.0 Å². The zero-order valence-electron chi connectivity index (χ0n) is 22.5. The minimum atomic E-state index is -0.0915. The number of piperidine rings is 1. The molecule has 2 aliphatic heterocycles. The van der Waals surface area contributed by atoms with E-state index in [0.717, 1.165) is 62.3 Å². The van der Waals surface area contributed by atoms with Crippen LogP contribution in [0.5, 0.6) is 0 Å². The molecule has 0 bridgehead atoms. The van der Waals surface area contributed by atoms with E-state index in [4.69, 9.17) is 22.3 Å². The Balaban J connectivity index is 1.40. The number of nitrogens with one attached hydrogen (secondary N) is 1. The fourth-order valence-corrected chi connectivity index (χ4v) is 6.37. The lowest BCUT2D eigenvalue weighted by Crippen LogP contribution is -2.48. The molecule has 1 amide bonds. The maximum absolute atomic E-state index is 11.9. The van der Waals surface area contributed by atoms with E-state index in [1.54, 1.807) is 0 Å². The quantitative estimate of drug-likeness (QED) is 0.471. The third kappa shape index (κ3) is 5.28. The number of nitrogens with zero attached hydrogens (tertiary/aromatic N) is 3. The number of anilines is 1. The van der Waals surface area contributed by atoms with Gasteiger partial charge in [-0.1, -0.05) is 54.1 Å². The highest BCUT2D eigenvalue weighted by Crippen LogP contribution is 2.40. The second kappa shape index (κ2) is 11.0. The van der Waals surface area contributed by atoms with Crippen molar-refractivity contribution in [3.8, 4) is 0 Å². The molecule has 3 N–H and O–H groups in total. The SMILES string of the molecule is CN1C(=C2CCC2)C(Cc2ccc3ccccc3c2)N=C(N2CCC(NC(=O)CN)CC2)c2cc(Cl)ccc21. The minimum absolute atomic E-state index is 0.00213. The highest BCUT2D eigenvalue weighted by Gasteiger charge is 2.33. The van der Waals surface area contributed by atoms with Crippen molar-refractivity contribution in [1.29, 1.82) is 0 Å². The molecule has 0 aromatic heterocycles. The van der Waals surface area contributed by atoms with Crippen LogP contribution in [0.15, 0.2) is 76.9 Å². The summed E-state index contributed by atoms with van der Waals surface area (Å²) in [7, 11) is 2.19. The molecule has 6 nitrogen and oxygen atoms in total. The monoisotopic (exact) mass is 541 g/mol. The average molecular weight is 542 g/mol. The molecule has 1 saturated heterocycles. The Bertz CT molecular complexity index is 1450. The smallest absolute Gasteiger partial charge is 0.233 e. The summed E-state index contributed by atoms with van der Waals surface area (Å²) >= 11 is 6.57. The zero-order valence-corrected chi connectivity index (χ0v) is 23.3. The first-order chi connectivity index (χ1) is 19.0. The Kier molecular flexibility index (Phi) is 7.32. The number of benzodiazepines with no additional fused rings is 1. The number of amides is 1. The molecule has 1 saturated carbocycles. The number of aliphatic imine (C=N–C) groups is 1. The van der Waals surface area contributed by atoms with Crippen molar-refractivity contribution < 1.29 is 4.79 Å². The number of likely N-dealkylation sites (N-methyl/N-ethyl adjacent to an activating group) is 1. The van der Waals surface area contributed by atoms with Crippen molar-refractivity contribution in [2.24, 2.45) is 10.7 Å². The molecule has 39 heavy (non-hydrogen) atoms. The van der Waals surface area contributed by atoms with Crippen molar-refractivity contribution in [3.05, 3.63) is 88.1 Å². The van der Waals surface area contributed by atoms with Gasteiger partial charge in [0.2, 0.25) is 5.91 Å². The van der Waals surface area contributed by atoms with Crippen molar-refractivity contribution in [1.82, 2.24) is 10.2 Å². The zero-order chi connectivity index (χ0) is 26.9. The maximum atomic E-state index is 11.9. The number of carbonyl (C=O) groups is 1. The summed E-state index contributed by atoms with van der Waals surface area (Å²) in [6.07, 6.45) is 6.06. The van der Waals surface area contributed by atoms with E-state index in [1.165, 1.54) is 34.0 Å². The van der Waals surface area contributed by atoms with Gasteiger partial charge in [0.15, 0.2) is 0 Å². The van der Waals surface area contributed by atoms with E-state index in [9.17, 15) is 4.79 Å². The number of hydrogen-bond donors (Lipinski definition) is 2. The normalized spacial score (nSPS) is 19.9. The van der Waals surface area contributed by atoms with Crippen LogP contribution in [0.4, 0.5) is 5.69 Å². The van der Waals surface area contributed by atoms with Crippen molar-refractivity contribution in [2.45, 2.75) is 50.6 Å². The summed E-state index contributed by atoms with van der Waals surface area (Å²) in [5.41, 5.74) is 11.9. The number of fused-ring (bicyclic) bond motifs is 2. The Morgan fingerprint density at radius 2 is 1.82 bits per heavy atom. The minimum Gasteiger partial charge on any atom is -0.356 e. The fourth-order valence-electron chi connectivity index (χ4n) is 6.20. The van der Waals surface area contributed by atoms with Gasteiger partial charge in [0, 0.05) is 48.9 Å². The molecule has 7 heteroatoms. The third-order valence-electron chi connectivity index (χ3n) is 8.42. The molecular weight excluding hydrogens is 506 g/mol. The molecule has 0 radical (unpaired) electrons. The Labute approximate surface area is 235 Å². The second-order valence-corrected chi connectivity index (χ2v) is 11.4. The number of halogens is 1. The topological polar surface area (TPSA) is 74.0 Å². The molecule has 1 atom stereocenters. The van der Waals surface area contributed by atoms with E-state index in [1.807, 2.05) is 6.07 Å². The lowest BCUT2D eigenvalue weighted by molar-refractivity contribution is -0.120. The lowest BCUT2D eigenvalue weighted by atomic mass is 9.86. The fraction of sp³-hybridized carbons (Fsp3) is 0.375. The van der Waals surface area contributed by atoms with Gasteiger partial charge in [0.25, 0.3) is 0 Å². The molecule has 6 rings (SSSR count). The summed E-state index contributed by atoms with van der Waals surface area (Å²) in [4.78, 5) is 22.2. The van der Waals surface area contributed by atoms with Crippen molar-refractivity contribution in [2.75, 3.05) is 31.6 Å². The molecule has 3 aromatic carbocycles. The van der Waals surface area contributed by atoms with Crippen LogP contribution in [-0.2, 0) is 11.2 Å². The van der Waals surface area contributed by atoms with E-state index in [0.29, 0.717) is 5.02 Å². The molecular formula is C32H36ClN5O. The van der Waals surface area contributed by atoms with Crippen molar-refractivity contribution >= 4 is 39.8 Å². The number of allylic oxidation sites excluding steroid dienone is 1. The van der Waals surface area contributed by atoms with Gasteiger partial charge in [0.1, 0.15) is 5.84 Å². The number of carbonyl (C=O) groups excluding carboxylic acids is 1. The van der Waals surface area contributed by atoms with Gasteiger partial charge >= 0.3 is 0 Å². The van der Waals surface area contributed by atoms with Crippen LogP contribution in [0.25, 0.3) is 10.8 Å². The predicted octanol–water partition coefficient (Wildman–Crippen LogP) is 5.28. The summed E-state index contributed by atoms with van der Waals surface area (Å²) < 4.78 is 0. The molecule has 1 aliphatic carbocycles. The Morgan fingerprint density at radius 1 is 1.05 bits per heavy atom. The van der Waals surface area contributed by atoms with E-state index >= 15 is 0 Å². The van der Waals surface area contributed by atoms with Gasteiger partial charge in [-0.05, 0) is 72.2 Å². The number of rotatable bonds is 4. The largest absolute Gasteiger partial charge is 0.356 e. The first-order valence-corrected chi connectivity index (χ1v) is 14.4. The number of likely N-dealkylation sites (tertiary alicyclic amines) is 1. The van der Waals surface area contributed by atoms with Crippen LogP contribution in [0.2, 0.25) is 5.02 Å². The summed E-state index contributed by atoms with van der Waals surface area (Å²) in [6.45, 7) is 1.66. The van der Waals surface area contributed by atoms with Crippen LogP contribution in [-0.4, -0.2) is 55.4 Å². The number of amidine groups is 1.